The van der Waals surface area contributed by atoms with Gasteiger partial charge in [-0.2, -0.15) is 0 Å². The first-order chi connectivity index (χ1) is 9.74. The van der Waals surface area contributed by atoms with Crippen LogP contribution in [0.3, 0.4) is 0 Å². The standard InChI is InChI=1S/C13H11N3O4/c1-18-10-6-5-8(13(17)19-2)16-12(10)14-11(15-16)9-4-3-7-20-9/h3-7H,1-2H3. The lowest BCUT2D eigenvalue weighted by Gasteiger charge is -2.04. The Bertz CT molecular complexity index is 761. The zero-order valence-electron chi connectivity index (χ0n) is 10.9. The number of ether oxygens (including phenoxy) is 2. The Hall–Kier alpha value is -2.83. The molecule has 0 saturated carbocycles. The molecule has 0 unspecified atom stereocenters. The van der Waals surface area contributed by atoms with E-state index in [4.69, 9.17) is 13.9 Å². The van der Waals surface area contributed by atoms with Crippen LogP contribution in [-0.2, 0) is 4.74 Å². The van der Waals surface area contributed by atoms with Gasteiger partial charge in [-0.25, -0.2) is 14.3 Å². The Labute approximate surface area is 113 Å². The Kier molecular flexibility index (Phi) is 2.86. The molecule has 0 aliphatic heterocycles. The number of carbonyl (C=O) groups excluding carboxylic acids is 1. The molecule has 0 amide bonds. The van der Waals surface area contributed by atoms with Gasteiger partial charge in [0.2, 0.25) is 5.82 Å². The summed E-state index contributed by atoms with van der Waals surface area (Å²) in [5, 5.41) is 4.26. The molecule has 0 aliphatic rings. The van der Waals surface area contributed by atoms with Crippen molar-refractivity contribution in [2.24, 2.45) is 0 Å². The van der Waals surface area contributed by atoms with Crippen molar-refractivity contribution in [3.8, 4) is 17.3 Å². The van der Waals surface area contributed by atoms with Crippen LogP contribution in [0.25, 0.3) is 17.2 Å². The minimum atomic E-state index is -0.506. The summed E-state index contributed by atoms with van der Waals surface area (Å²) in [6.45, 7) is 0. The SMILES string of the molecule is COC(=O)c1ccc(OC)c2nc(-c3ccco3)nn12. The molecule has 3 aromatic rings. The number of hydrogen-bond donors (Lipinski definition) is 0. The number of esters is 1. The van der Waals surface area contributed by atoms with E-state index in [-0.39, 0.29) is 5.69 Å². The number of carbonyl (C=O) groups is 1. The van der Waals surface area contributed by atoms with E-state index in [0.717, 1.165) is 0 Å². The molecule has 0 aliphatic carbocycles. The van der Waals surface area contributed by atoms with Crippen LogP contribution in [0.4, 0.5) is 0 Å². The van der Waals surface area contributed by atoms with E-state index in [2.05, 4.69) is 10.1 Å². The van der Waals surface area contributed by atoms with Crippen molar-refractivity contribution < 1.29 is 18.7 Å². The van der Waals surface area contributed by atoms with Crippen LogP contribution in [0, 0.1) is 0 Å². The average Bonchev–Trinajstić information content (AvgIpc) is 3.13. The van der Waals surface area contributed by atoms with E-state index in [1.807, 2.05) is 0 Å². The van der Waals surface area contributed by atoms with Gasteiger partial charge in [0, 0.05) is 0 Å². The van der Waals surface area contributed by atoms with Gasteiger partial charge in [0.25, 0.3) is 0 Å². The molecular formula is C13H11N3O4. The average molecular weight is 273 g/mol. The maximum Gasteiger partial charge on any atom is 0.356 e. The summed E-state index contributed by atoms with van der Waals surface area (Å²) in [6.07, 6.45) is 1.53. The Balaban J connectivity index is 2.26. The molecule has 20 heavy (non-hydrogen) atoms. The van der Waals surface area contributed by atoms with Crippen molar-refractivity contribution >= 4 is 11.6 Å². The third kappa shape index (κ3) is 1.80. The molecule has 7 nitrogen and oxygen atoms in total. The second kappa shape index (κ2) is 4.69. The molecule has 0 bridgehead atoms. The third-order valence-electron chi connectivity index (χ3n) is 2.80. The van der Waals surface area contributed by atoms with Crippen molar-refractivity contribution in [3.05, 3.63) is 36.2 Å². The van der Waals surface area contributed by atoms with Gasteiger partial charge in [-0.05, 0) is 24.3 Å². The highest BCUT2D eigenvalue weighted by Crippen LogP contribution is 2.24. The summed E-state index contributed by atoms with van der Waals surface area (Å²) in [6, 6.07) is 6.68. The summed E-state index contributed by atoms with van der Waals surface area (Å²) in [4.78, 5) is 16.1. The molecule has 0 atom stereocenters. The second-order valence-corrected chi connectivity index (χ2v) is 3.93. The lowest BCUT2D eigenvalue weighted by Crippen LogP contribution is -2.09. The predicted octanol–water partition coefficient (Wildman–Crippen LogP) is 1.78. The van der Waals surface area contributed by atoms with Gasteiger partial charge in [0.15, 0.2) is 22.9 Å². The predicted molar refractivity (Wildman–Crippen MR) is 68.6 cm³/mol. The van der Waals surface area contributed by atoms with Crippen molar-refractivity contribution in [2.45, 2.75) is 0 Å². The Morgan fingerprint density at radius 3 is 2.80 bits per heavy atom. The van der Waals surface area contributed by atoms with E-state index < -0.39 is 5.97 Å². The van der Waals surface area contributed by atoms with Crippen molar-refractivity contribution in [3.63, 3.8) is 0 Å². The molecule has 0 saturated heterocycles. The first kappa shape index (κ1) is 12.2. The highest BCUT2D eigenvalue weighted by atomic mass is 16.5. The molecule has 0 N–H and O–H groups in total. The Morgan fingerprint density at radius 1 is 1.30 bits per heavy atom. The molecule has 3 rings (SSSR count). The molecule has 0 spiro atoms. The van der Waals surface area contributed by atoms with Gasteiger partial charge in [0.1, 0.15) is 0 Å². The van der Waals surface area contributed by atoms with Gasteiger partial charge >= 0.3 is 5.97 Å². The molecule has 3 aromatic heterocycles. The van der Waals surface area contributed by atoms with Crippen LogP contribution in [0.5, 0.6) is 5.75 Å². The minimum Gasteiger partial charge on any atom is -0.493 e. The van der Waals surface area contributed by atoms with Crippen LogP contribution in [-0.4, -0.2) is 34.8 Å². The zero-order chi connectivity index (χ0) is 14.1. The Morgan fingerprint density at radius 2 is 2.15 bits per heavy atom. The van der Waals surface area contributed by atoms with Crippen molar-refractivity contribution in [2.75, 3.05) is 14.2 Å². The lowest BCUT2D eigenvalue weighted by atomic mass is 10.3. The summed E-state index contributed by atoms with van der Waals surface area (Å²) in [5.74, 6) is 0.868. The van der Waals surface area contributed by atoms with Crippen LogP contribution in [0.1, 0.15) is 10.5 Å². The van der Waals surface area contributed by atoms with E-state index in [1.165, 1.54) is 25.0 Å². The topological polar surface area (TPSA) is 78.9 Å². The zero-order valence-corrected chi connectivity index (χ0v) is 10.9. The monoisotopic (exact) mass is 273 g/mol. The summed E-state index contributed by atoms with van der Waals surface area (Å²) >= 11 is 0. The molecule has 0 aromatic carbocycles. The first-order valence-corrected chi connectivity index (χ1v) is 5.80. The third-order valence-corrected chi connectivity index (χ3v) is 2.80. The highest BCUT2D eigenvalue weighted by molar-refractivity contribution is 5.88. The number of aromatic nitrogens is 3. The number of rotatable bonds is 3. The largest absolute Gasteiger partial charge is 0.493 e. The number of nitrogens with zero attached hydrogens (tertiary/aromatic N) is 3. The molecular weight excluding hydrogens is 262 g/mol. The quantitative estimate of drug-likeness (QED) is 0.677. The lowest BCUT2D eigenvalue weighted by molar-refractivity contribution is 0.0590. The van der Waals surface area contributed by atoms with E-state index in [9.17, 15) is 4.79 Å². The maximum atomic E-state index is 11.7. The normalized spacial score (nSPS) is 10.7. The number of methoxy groups -OCH3 is 2. The molecule has 0 radical (unpaired) electrons. The summed E-state index contributed by atoms with van der Waals surface area (Å²) in [7, 11) is 2.83. The van der Waals surface area contributed by atoms with Crippen molar-refractivity contribution in [1.82, 2.24) is 14.6 Å². The number of pyridine rings is 1. The molecule has 0 fully saturated rings. The van der Waals surface area contributed by atoms with Crippen LogP contribution in [0.2, 0.25) is 0 Å². The molecule has 7 heteroatoms. The van der Waals surface area contributed by atoms with E-state index in [1.54, 1.807) is 24.3 Å². The number of fused-ring (bicyclic) bond motifs is 1. The highest BCUT2D eigenvalue weighted by Gasteiger charge is 2.18. The first-order valence-electron chi connectivity index (χ1n) is 5.80. The summed E-state index contributed by atoms with van der Waals surface area (Å²) < 4.78 is 16.6. The van der Waals surface area contributed by atoms with Gasteiger partial charge in [0.05, 0.1) is 20.5 Å². The van der Waals surface area contributed by atoms with Crippen LogP contribution >= 0.6 is 0 Å². The molecule has 3 heterocycles. The number of furan rings is 1. The van der Waals surface area contributed by atoms with Gasteiger partial charge in [-0.1, -0.05) is 0 Å². The van der Waals surface area contributed by atoms with Gasteiger partial charge < -0.3 is 13.9 Å². The maximum absolute atomic E-state index is 11.7. The second-order valence-electron chi connectivity index (χ2n) is 3.93. The van der Waals surface area contributed by atoms with Crippen LogP contribution in [0.15, 0.2) is 34.9 Å². The fourth-order valence-electron chi connectivity index (χ4n) is 1.87. The van der Waals surface area contributed by atoms with E-state index >= 15 is 0 Å². The van der Waals surface area contributed by atoms with Gasteiger partial charge in [-0.15, -0.1) is 5.10 Å². The van der Waals surface area contributed by atoms with Crippen LogP contribution < -0.4 is 4.74 Å². The fraction of sp³-hybridized carbons (Fsp3) is 0.154. The molecule has 102 valence electrons. The smallest absolute Gasteiger partial charge is 0.356 e. The fourth-order valence-corrected chi connectivity index (χ4v) is 1.87. The number of hydrogen-bond acceptors (Lipinski definition) is 6. The van der Waals surface area contributed by atoms with Crippen molar-refractivity contribution in [1.29, 1.82) is 0 Å². The minimum absolute atomic E-state index is 0.258. The summed E-state index contributed by atoms with van der Waals surface area (Å²) in [5.41, 5.74) is 0.676. The van der Waals surface area contributed by atoms with E-state index in [0.29, 0.717) is 23.0 Å². The van der Waals surface area contributed by atoms with Gasteiger partial charge in [-0.3, -0.25) is 0 Å².